The fourth-order valence-electron chi connectivity index (χ4n) is 4.88. The number of sulfone groups is 1. The fraction of sp³-hybridized carbons (Fsp3) is 0.0714. The van der Waals surface area contributed by atoms with Crippen LogP contribution < -0.4 is 0 Å². The molecule has 162 valence electrons. The zero-order valence-electron chi connectivity index (χ0n) is 17.6. The summed E-state index contributed by atoms with van der Waals surface area (Å²) in [5.41, 5.74) is 1.05. The van der Waals surface area contributed by atoms with Crippen molar-refractivity contribution >= 4 is 21.4 Å². The van der Waals surface area contributed by atoms with E-state index in [0.29, 0.717) is 0 Å². The summed E-state index contributed by atoms with van der Waals surface area (Å²) in [5, 5.41) is 0. The standard InChI is InChI=1S/C28H20O4S/c29-25(21-13-5-1-6-14-21)27(23-17-9-3-10-18-23)28(33(27,31)32,24-19-11-4-12-20-24)26(30)22-15-7-2-8-16-22/h1-20H/t27-,28-/m1/s1. The first-order chi connectivity index (χ1) is 16.0. The lowest BCUT2D eigenvalue weighted by molar-refractivity contribution is 0.0865. The van der Waals surface area contributed by atoms with Crippen LogP contribution in [0.2, 0.25) is 0 Å². The number of carbonyl (C=O) groups excluding carboxylic acids is 2. The molecule has 4 nitrogen and oxygen atoms in total. The number of ketones is 2. The SMILES string of the molecule is O=C(c1ccccc1)[C@]1(c2ccccc2)[C@](C(=O)c2ccccc2)(c2ccccc2)S1(=O)=O. The lowest BCUT2D eigenvalue weighted by Crippen LogP contribution is -2.36. The largest absolute Gasteiger partial charge is 0.292 e. The smallest absolute Gasteiger partial charge is 0.192 e. The van der Waals surface area contributed by atoms with Gasteiger partial charge in [0.2, 0.25) is 0 Å². The molecule has 5 rings (SSSR count). The third-order valence-electron chi connectivity index (χ3n) is 6.33. The molecule has 1 heterocycles. The van der Waals surface area contributed by atoms with Gasteiger partial charge in [0.05, 0.1) is 0 Å². The highest BCUT2D eigenvalue weighted by molar-refractivity contribution is 8.03. The van der Waals surface area contributed by atoms with Crippen LogP contribution in [0.5, 0.6) is 0 Å². The topological polar surface area (TPSA) is 68.3 Å². The van der Waals surface area contributed by atoms with E-state index >= 15 is 0 Å². The summed E-state index contributed by atoms with van der Waals surface area (Å²) in [6, 6.07) is 33.3. The van der Waals surface area contributed by atoms with Gasteiger partial charge in [-0.15, -0.1) is 0 Å². The predicted molar refractivity (Wildman–Crippen MR) is 127 cm³/mol. The van der Waals surface area contributed by atoms with E-state index in [2.05, 4.69) is 0 Å². The molecule has 1 fully saturated rings. The van der Waals surface area contributed by atoms with Crippen LogP contribution in [0.25, 0.3) is 0 Å². The summed E-state index contributed by atoms with van der Waals surface area (Å²) in [6.45, 7) is 0. The van der Waals surface area contributed by atoms with Gasteiger partial charge in [-0.25, -0.2) is 8.42 Å². The van der Waals surface area contributed by atoms with Crippen LogP contribution in [0, 0.1) is 0 Å². The molecule has 33 heavy (non-hydrogen) atoms. The Morgan fingerprint density at radius 2 is 0.727 bits per heavy atom. The van der Waals surface area contributed by atoms with Crippen LogP contribution in [0.3, 0.4) is 0 Å². The molecule has 0 spiro atoms. The molecule has 0 N–H and O–H groups in total. The van der Waals surface area contributed by atoms with E-state index in [1.165, 1.54) is 0 Å². The van der Waals surface area contributed by atoms with Crippen molar-refractivity contribution in [2.24, 2.45) is 0 Å². The van der Waals surface area contributed by atoms with Crippen LogP contribution >= 0.6 is 0 Å². The Balaban J connectivity index is 1.89. The van der Waals surface area contributed by atoms with E-state index in [9.17, 15) is 18.0 Å². The molecule has 1 aliphatic heterocycles. The molecule has 0 aliphatic carbocycles. The second-order valence-electron chi connectivity index (χ2n) is 7.99. The Bertz CT molecular complexity index is 1330. The average molecular weight is 453 g/mol. The first-order valence-corrected chi connectivity index (χ1v) is 12.0. The fourth-order valence-corrected chi connectivity index (χ4v) is 7.93. The minimum Gasteiger partial charge on any atom is -0.292 e. The maximum atomic E-state index is 14.2. The average Bonchev–Trinajstić information content (AvgIpc) is 3.36. The Labute approximate surface area is 192 Å². The van der Waals surface area contributed by atoms with Crippen molar-refractivity contribution in [2.45, 2.75) is 9.49 Å². The van der Waals surface area contributed by atoms with E-state index in [1.807, 2.05) is 0 Å². The van der Waals surface area contributed by atoms with Gasteiger partial charge >= 0.3 is 0 Å². The van der Waals surface area contributed by atoms with Crippen LogP contribution in [0.15, 0.2) is 121 Å². The van der Waals surface area contributed by atoms with Crippen LogP contribution in [0.4, 0.5) is 0 Å². The lowest BCUT2D eigenvalue weighted by atomic mass is 9.73. The highest BCUT2D eigenvalue weighted by atomic mass is 32.2. The number of hydrogen-bond acceptors (Lipinski definition) is 4. The molecule has 1 aliphatic rings. The molecule has 0 radical (unpaired) electrons. The number of rotatable bonds is 6. The van der Waals surface area contributed by atoms with Gasteiger partial charge < -0.3 is 0 Å². The third-order valence-corrected chi connectivity index (χ3v) is 9.20. The van der Waals surface area contributed by atoms with Crippen molar-refractivity contribution in [1.29, 1.82) is 0 Å². The van der Waals surface area contributed by atoms with E-state index in [4.69, 9.17) is 0 Å². The first kappa shape index (κ1) is 21.0. The van der Waals surface area contributed by atoms with E-state index < -0.39 is 30.9 Å². The Kier molecular flexibility index (Phi) is 4.87. The number of benzene rings is 4. The van der Waals surface area contributed by atoms with Gasteiger partial charge in [-0.1, -0.05) is 121 Å². The summed E-state index contributed by atoms with van der Waals surface area (Å²) in [4.78, 5) is 28.3. The van der Waals surface area contributed by atoms with E-state index in [0.717, 1.165) is 0 Å². The summed E-state index contributed by atoms with van der Waals surface area (Å²) in [6.07, 6.45) is 0. The molecule has 0 aromatic heterocycles. The third kappa shape index (κ3) is 2.66. The Morgan fingerprint density at radius 1 is 0.455 bits per heavy atom. The van der Waals surface area contributed by atoms with E-state index in [1.54, 1.807) is 121 Å². The first-order valence-electron chi connectivity index (χ1n) is 10.5. The van der Waals surface area contributed by atoms with Crippen molar-refractivity contribution in [3.63, 3.8) is 0 Å². The van der Waals surface area contributed by atoms with Crippen molar-refractivity contribution in [3.8, 4) is 0 Å². The summed E-state index contributed by atoms with van der Waals surface area (Å²) < 4.78 is 24.3. The lowest BCUT2D eigenvalue weighted by Gasteiger charge is -2.21. The molecule has 0 unspecified atom stereocenters. The number of Topliss-reactive ketones (excluding diaryl/α,β-unsaturated/α-hetero) is 2. The van der Waals surface area contributed by atoms with Gasteiger partial charge in [0.15, 0.2) is 30.9 Å². The molecule has 4 aromatic carbocycles. The van der Waals surface area contributed by atoms with Crippen molar-refractivity contribution in [2.75, 3.05) is 0 Å². The van der Waals surface area contributed by atoms with Gasteiger partial charge in [0.1, 0.15) is 0 Å². The second-order valence-corrected chi connectivity index (χ2v) is 10.2. The molecule has 0 saturated carbocycles. The molecule has 1 saturated heterocycles. The molecular formula is C28H20O4S. The molecule has 2 atom stereocenters. The normalized spacial score (nSPS) is 22.9. The van der Waals surface area contributed by atoms with Gasteiger partial charge in [0, 0.05) is 11.1 Å². The highest BCUT2D eigenvalue weighted by Gasteiger charge is 2.91. The zero-order valence-corrected chi connectivity index (χ0v) is 18.4. The van der Waals surface area contributed by atoms with E-state index in [-0.39, 0.29) is 22.3 Å². The maximum Gasteiger partial charge on any atom is 0.192 e. The molecule has 5 heteroatoms. The Hall–Kier alpha value is -3.83. The zero-order chi connectivity index (χ0) is 23.1. The summed E-state index contributed by atoms with van der Waals surface area (Å²) in [7, 11) is -4.32. The molecule has 0 bridgehead atoms. The van der Waals surface area contributed by atoms with Crippen LogP contribution in [-0.2, 0) is 19.3 Å². The molecule has 4 aromatic rings. The second kappa shape index (κ2) is 7.64. The van der Waals surface area contributed by atoms with Gasteiger partial charge in [0.25, 0.3) is 0 Å². The number of carbonyl (C=O) groups is 2. The van der Waals surface area contributed by atoms with Gasteiger partial charge in [-0.3, -0.25) is 9.59 Å². The highest BCUT2D eigenvalue weighted by Crippen LogP contribution is 2.71. The monoisotopic (exact) mass is 452 g/mol. The van der Waals surface area contributed by atoms with Crippen LogP contribution in [0.1, 0.15) is 31.8 Å². The van der Waals surface area contributed by atoms with Crippen molar-refractivity contribution in [3.05, 3.63) is 144 Å². The maximum absolute atomic E-state index is 14.2. The van der Waals surface area contributed by atoms with Gasteiger partial charge in [-0.05, 0) is 11.1 Å². The number of hydrogen-bond donors (Lipinski definition) is 0. The Morgan fingerprint density at radius 3 is 1.03 bits per heavy atom. The van der Waals surface area contributed by atoms with Crippen LogP contribution in [-0.4, -0.2) is 20.0 Å². The van der Waals surface area contributed by atoms with Gasteiger partial charge in [-0.2, -0.15) is 0 Å². The molecular weight excluding hydrogens is 432 g/mol. The van der Waals surface area contributed by atoms with Crippen molar-refractivity contribution in [1.82, 2.24) is 0 Å². The minimum absolute atomic E-state index is 0.239. The summed E-state index contributed by atoms with van der Waals surface area (Å²) >= 11 is 0. The van der Waals surface area contributed by atoms with Crippen molar-refractivity contribution < 1.29 is 18.0 Å². The minimum atomic E-state index is -4.32. The predicted octanol–water partition coefficient (Wildman–Crippen LogP) is 4.97. The molecule has 0 amide bonds. The summed E-state index contributed by atoms with van der Waals surface area (Å²) in [5.74, 6) is -1.22. The quantitative estimate of drug-likeness (QED) is 0.306.